The molecule has 0 bridgehead atoms. The number of hydrogen-bond acceptors (Lipinski definition) is 6. The molecule has 30 heavy (non-hydrogen) atoms. The van der Waals surface area contributed by atoms with E-state index in [9.17, 15) is 14.7 Å². The maximum Gasteiger partial charge on any atom is 0.294 e. The van der Waals surface area contributed by atoms with Crippen LogP contribution in [0.3, 0.4) is 0 Å². The smallest absolute Gasteiger partial charge is 0.294 e. The third kappa shape index (κ3) is 3.16. The van der Waals surface area contributed by atoms with Crippen molar-refractivity contribution in [3.63, 3.8) is 0 Å². The number of ketones is 1. The zero-order valence-electron chi connectivity index (χ0n) is 17.4. The molecular formula is C23H24N2O5. The highest BCUT2D eigenvalue weighted by molar-refractivity contribution is 6.17. The van der Waals surface area contributed by atoms with Crippen molar-refractivity contribution >= 4 is 23.1 Å². The highest BCUT2D eigenvalue weighted by Gasteiger charge is 2.45. The average Bonchev–Trinajstić information content (AvgIpc) is 3.29. The van der Waals surface area contributed by atoms with Gasteiger partial charge in [-0.1, -0.05) is 26.0 Å². The normalized spacial score (nSPS) is 17.8. The lowest BCUT2D eigenvalue weighted by Crippen LogP contribution is -2.31. The minimum atomic E-state index is -0.732. The van der Waals surface area contributed by atoms with E-state index in [1.807, 2.05) is 43.3 Å². The number of Topliss-reactive ketones (excluding diaryl/α,β-unsaturated/α-hetero) is 1. The van der Waals surface area contributed by atoms with E-state index in [0.717, 1.165) is 11.3 Å². The average molecular weight is 408 g/mol. The van der Waals surface area contributed by atoms with Crippen LogP contribution in [-0.2, 0) is 9.59 Å². The molecule has 0 fully saturated rings. The summed E-state index contributed by atoms with van der Waals surface area (Å²) < 4.78 is 10.8. The number of fused-ring (bicyclic) bond motifs is 1. The van der Waals surface area contributed by atoms with E-state index >= 15 is 0 Å². The number of carbonyl (C=O) groups is 2. The molecule has 7 nitrogen and oxygen atoms in total. The first-order valence-corrected chi connectivity index (χ1v) is 9.77. The molecule has 1 atom stereocenters. The maximum atomic E-state index is 13.1. The van der Waals surface area contributed by atoms with Crippen LogP contribution in [0.4, 0.5) is 11.4 Å². The molecule has 0 radical (unpaired) electrons. The monoisotopic (exact) mass is 408 g/mol. The molecule has 2 aromatic rings. The molecule has 4 rings (SSSR count). The SMILES string of the molecule is CC(C)C(=O)C1=C(O)C(=O)N(c2ccc3c(c2)OCO3)C1c1ccc(N(C)C)cc1. The second kappa shape index (κ2) is 7.40. The lowest BCUT2D eigenvalue weighted by atomic mass is 9.91. The first-order chi connectivity index (χ1) is 14.3. The van der Waals surface area contributed by atoms with E-state index in [0.29, 0.717) is 17.2 Å². The number of rotatable bonds is 5. The summed E-state index contributed by atoms with van der Waals surface area (Å²) in [5.41, 5.74) is 2.36. The predicted molar refractivity (Wildman–Crippen MR) is 113 cm³/mol. The number of hydrogen-bond donors (Lipinski definition) is 1. The zero-order chi connectivity index (χ0) is 21.6. The number of benzene rings is 2. The summed E-state index contributed by atoms with van der Waals surface area (Å²) in [4.78, 5) is 29.5. The fraction of sp³-hybridized carbons (Fsp3) is 0.304. The third-order valence-electron chi connectivity index (χ3n) is 5.36. The van der Waals surface area contributed by atoms with Crippen LogP contribution in [0.25, 0.3) is 0 Å². The number of nitrogens with zero attached hydrogens (tertiary/aromatic N) is 2. The quantitative estimate of drug-likeness (QED) is 0.814. The van der Waals surface area contributed by atoms with Crippen LogP contribution >= 0.6 is 0 Å². The lowest BCUT2D eigenvalue weighted by Gasteiger charge is -2.28. The van der Waals surface area contributed by atoms with Gasteiger partial charge in [-0.25, -0.2) is 0 Å². The Bertz CT molecular complexity index is 1040. The fourth-order valence-corrected chi connectivity index (χ4v) is 3.74. The minimum absolute atomic E-state index is 0.114. The van der Waals surface area contributed by atoms with Gasteiger partial charge in [0.2, 0.25) is 6.79 Å². The number of amides is 1. The number of aliphatic hydroxyl groups excluding tert-OH is 1. The molecule has 1 N–H and O–H groups in total. The van der Waals surface area contributed by atoms with Crippen molar-refractivity contribution in [3.05, 3.63) is 59.4 Å². The number of aliphatic hydroxyl groups is 1. The Labute approximate surface area is 175 Å². The molecule has 1 amide bonds. The topological polar surface area (TPSA) is 79.3 Å². The molecule has 2 heterocycles. The van der Waals surface area contributed by atoms with E-state index in [-0.39, 0.29) is 24.1 Å². The molecule has 2 aromatic carbocycles. The van der Waals surface area contributed by atoms with Gasteiger partial charge in [-0.2, -0.15) is 0 Å². The Morgan fingerprint density at radius 1 is 1.10 bits per heavy atom. The maximum absolute atomic E-state index is 13.1. The molecule has 2 aliphatic rings. The Balaban J connectivity index is 1.84. The molecule has 1 unspecified atom stereocenters. The van der Waals surface area contributed by atoms with Crippen molar-refractivity contribution in [2.75, 3.05) is 30.7 Å². The van der Waals surface area contributed by atoms with Crippen molar-refractivity contribution in [1.29, 1.82) is 0 Å². The summed E-state index contributed by atoms with van der Waals surface area (Å²) in [6.45, 7) is 3.62. The predicted octanol–water partition coefficient (Wildman–Crippen LogP) is 3.61. The molecule has 156 valence electrons. The molecule has 0 aliphatic carbocycles. The van der Waals surface area contributed by atoms with Gasteiger partial charge in [0.15, 0.2) is 23.0 Å². The summed E-state index contributed by atoms with van der Waals surface area (Å²) in [6, 6.07) is 12.0. The molecular weight excluding hydrogens is 384 g/mol. The Kier molecular flexibility index (Phi) is 4.89. The van der Waals surface area contributed by atoms with Crippen LogP contribution in [0.2, 0.25) is 0 Å². The van der Waals surface area contributed by atoms with Crippen molar-refractivity contribution in [2.45, 2.75) is 19.9 Å². The van der Waals surface area contributed by atoms with Gasteiger partial charge in [0, 0.05) is 37.5 Å². The standard InChI is InChI=1S/C23H24N2O5/c1-13(2)21(26)19-20(14-5-7-15(8-6-14)24(3)4)25(23(28)22(19)27)16-9-10-17-18(11-16)30-12-29-17/h5-11,13,20,27H,12H2,1-4H3. The van der Waals surface area contributed by atoms with E-state index in [1.54, 1.807) is 32.0 Å². The van der Waals surface area contributed by atoms with Crippen LogP contribution in [0.5, 0.6) is 11.5 Å². The zero-order valence-corrected chi connectivity index (χ0v) is 17.4. The second-order valence-electron chi connectivity index (χ2n) is 7.88. The molecule has 2 aliphatic heterocycles. The molecule has 0 aromatic heterocycles. The highest BCUT2D eigenvalue weighted by atomic mass is 16.7. The highest BCUT2D eigenvalue weighted by Crippen LogP contribution is 2.44. The van der Waals surface area contributed by atoms with Gasteiger partial charge < -0.3 is 19.5 Å². The summed E-state index contributed by atoms with van der Waals surface area (Å²) in [5, 5.41) is 10.7. The van der Waals surface area contributed by atoms with E-state index in [1.165, 1.54) is 4.90 Å². The van der Waals surface area contributed by atoms with Crippen LogP contribution in [0.15, 0.2) is 53.8 Å². The Morgan fingerprint density at radius 3 is 2.40 bits per heavy atom. The van der Waals surface area contributed by atoms with E-state index in [2.05, 4.69) is 0 Å². The van der Waals surface area contributed by atoms with Crippen LogP contribution in [0, 0.1) is 5.92 Å². The number of anilines is 2. The lowest BCUT2D eigenvalue weighted by molar-refractivity contribution is -0.119. The summed E-state index contributed by atoms with van der Waals surface area (Å²) in [7, 11) is 3.87. The summed E-state index contributed by atoms with van der Waals surface area (Å²) in [6.07, 6.45) is 0. The molecule has 0 saturated heterocycles. The first-order valence-electron chi connectivity index (χ1n) is 9.77. The second-order valence-corrected chi connectivity index (χ2v) is 7.88. The summed E-state index contributed by atoms with van der Waals surface area (Å²) in [5.74, 6) is -0.633. The minimum Gasteiger partial charge on any atom is -0.503 e. The van der Waals surface area contributed by atoms with Gasteiger partial charge in [0.25, 0.3) is 5.91 Å². The Morgan fingerprint density at radius 2 is 1.77 bits per heavy atom. The van der Waals surface area contributed by atoms with Crippen LogP contribution < -0.4 is 19.3 Å². The number of ether oxygens (including phenoxy) is 2. The molecule has 0 spiro atoms. The van der Waals surface area contributed by atoms with E-state index in [4.69, 9.17) is 9.47 Å². The summed E-state index contributed by atoms with van der Waals surface area (Å²) >= 11 is 0. The van der Waals surface area contributed by atoms with Gasteiger partial charge in [-0.3, -0.25) is 14.5 Å². The van der Waals surface area contributed by atoms with Gasteiger partial charge >= 0.3 is 0 Å². The van der Waals surface area contributed by atoms with E-state index < -0.39 is 17.7 Å². The van der Waals surface area contributed by atoms with Crippen molar-refractivity contribution in [1.82, 2.24) is 0 Å². The molecule has 7 heteroatoms. The Hall–Kier alpha value is -3.48. The first kappa shape index (κ1) is 19.8. The van der Waals surface area contributed by atoms with Gasteiger partial charge in [-0.15, -0.1) is 0 Å². The number of carbonyl (C=O) groups excluding carboxylic acids is 2. The van der Waals surface area contributed by atoms with Crippen molar-refractivity contribution in [2.24, 2.45) is 5.92 Å². The van der Waals surface area contributed by atoms with Gasteiger partial charge in [-0.05, 0) is 29.8 Å². The van der Waals surface area contributed by atoms with Gasteiger partial charge in [0.1, 0.15) is 0 Å². The largest absolute Gasteiger partial charge is 0.503 e. The molecule has 0 saturated carbocycles. The third-order valence-corrected chi connectivity index (χ3v) is 5.36. The van der Waals surface area contributed by atoms with Gasteiger partial charge in [0.05, 0.1) is 11.6 Å². The fourth-order valence-electron chi connectivity index (χ4n) is 3.74. The van der Waals surface area contributed by atoms with Crippen LogP contribution in [-0.4, -0.2) is 37.7 Å². The van der Waals surface area contributed by atoms with Crippen molar-refractivity contribution < 1.29 is 24.2 Å². The van der Waals surface area contributed by atoms with Crippen LogP contribution in [0.1, 0.15) is 25.5 Å². The van der Waals surface area contributed by atoms with Crippen molar-refractivity contribution in [3.8, 4) is 11.5 Å².